The van der Waals surface area contributed by atoms with E-state index in [1.54, 1.807) is 28.4 Å². The van der Waals surface area contributed by atoms with E-state index in [4.69, 9.17) is 27.8 Å². The highest BCUT2D eigenvalue weighted by Crippen LogP contribution is 2.48. The van der Waals surface area contributed by atoms with Crippen molar-refractivity contribution in [2.75, 3.05) is 28.4 Å². The van der Waals surface area contributed by atoms with Crippen molar-refractivity contribution < 1.29 is 27.8 Å². The molecular weight excluding hydrogens is 552 g/mol. The van der Waals surface area contributed by atoms with E-state index in [0.29, 0.717) is 34.2 Å². The molecule has 0 saturated heterocycles. The summed E-state index contributed by atoms with van der Waals surface area (Å²) in [6.07, 6.45) is 0. The summed E-state index contributed by atoms with van der Waals surface area (Å²) >= 11 is 0. The van der Waals surface area contributed by atoms with E-state index >= 15 is 0 Å². The van der Waals surface area contributed by atoms with E-state index in [9.17, 15) is 0 Å². The first kappa shape index (κ1) is 27.2. The van der Waals surface area contributed by atoms with E-state index in [1.165, 1.54) is 0 Å². The van der Waals surface area contributed by atoms with Crippen molar-refractivity contribution >= 4 is 21.9 Å². The predicted octanol–water partition coefficient (Wildman–Crippen LogP) is 9.88. The van der Waals surface area contributed by atoms with Gasteiger partial charge in [-0.25, -0.2) is 0 Å². The lowest BCUT2D eigenvalue weighted by Gasteiger charge is -2.09. The number of ether oxygens (including phenoxy) is 4. The van der Waals surface area contributed by atoms with Crippen LogP contribution in [0.3, 0.4) is 0 Å². The predicted molar refractivity (Wildman–Crippen MR) is 174 cm³/mol. The quantitative estimate of drug-likeness (QED) is 0.178. The second-order valence-corrected chi connectivity index (χ2v) is 10.4. The maximum absolute atomic E-state index is 6.67. The monoisotopic (exact) mass is 582 g/mol. The average Bonchev–Trinajstić information content (AvgIpc) is 3.65. The van der Waals surface area contributed by atoms with Crippen LogP contribution in [0.25, 0.3) is 66.8 Å². The molecule has 2 heterocycles. The van der Waals surface area contributed by atoms with Gasteiger partial charge in [-0.05, 0) is 41.5 Å². The molecule has 44 heavy (non-hydrogen) atoms. The van der Waals surface area contributed by atoms with Gasteiger partial charge in [0, 0.05) is 51.2 Å². The minimum Gasteiger partial charge on any atom is -0.497 e. The molecule has 0 amide bonds. The Hall–Kier alpha value is -5.62. The fourth-order valence-corrected chi connectivity index (χ4v) is 5.75. The molecule has 0 bridgehead atoms. The molecule has 2 aromatic heterocycles. The molecule has 0 saturated carbocycles. The second kappa shape index (κ2) is 11.2. The zero-order valence-electron chi connectivity index (χ0n) is 24.8. The van der Waals surface area contributed by atoms with Crippen molar-refractivity contribution in [1.29, 1.82) is 0 Å². The van der Waals surface area contributed by atoms with Crippen LogP contribution in [0.1, 0.15) is 0 Å². The van der Waals surface area contributed by atoms with Crippen molar-refractivity contribution in [2.24, 2.45) is 0 Å². The third kappa shape index (κ3) is 4.71. The Kier molecular flexibility index (Phi) is 6.95. The van der Waals surface area contributed by atoms with Crippen LogP contribution in [0.15, 0.2) is 118 Å². The van der Waals surface area contributed by atoms with Gasteiger partial charge in [-0.15, -0.1) is 0 Å². The second-order valence-electron chi connectivity index (χ2n) is 10.4. The summed E-state index contributed by atoms with van der Waals surface area (Å²) in [6.45, 7) is 0. The Morgan fingerprint density at radius 3 is 1.09 bits per heavy atom. The first-order chi connectivity index (χ1) is 21.6. The molecule has 0 N–H and O–H groups in total. The van der Waals surface area contributed by atoms with Crippen LogP contribution in [0, 0.1) is 0 Å². The molecule has 0 fully saturated rings. The number of hydrogen-bond acceptors (Lipinski definition) is 6. The lowest BCUT2D eigenvalue weighted by Crippen LogP contribution is -1.89. The van der Waals surface area contributed by atoms with E-state index in [-0.39, 0.29) is 0 Å². The van der Waals surface area contributed by atoms with Gasteiger partial charge in [-0.3, -0.25) is 0 Å². The van der Waals surface area contributed by atoms with Crippen molar-refractivity contribution in [3.63, 3.8) is 0 Å². The largest absolute Gasteiger partial charge is 0.497 e. The summed E-state index contributed by atoms with van der Waals surface area (Å²) in [5, 5.41) is 1.93. The normalized spacial score (nSPS) is 11.2. The summed E-state index contributed by atoms with van der Waals surface area (Å²) in [7, 11) is 6.57. The molecule has 218 valence electrons. The van der Waals surface area contributed by atoms with Gasteiger partial charge >= 0.3 is 0 Å². The zero-order valence-corrected chi connectivity index (χ0v) is 24.8. The Morgan fingerprint density at radius 1 is 0.386 bits per heavy atom. The van der Waals surface area contributed by atoms with E-state index in [2.05, 4.69) is 30.3 Å². The van der Waals surface area contributed by atoms with Gasteiger partial charge in [0.2, 0.25) is 0 Å². The van der Waals surface area contributed by atoms with Crippen LogP contribution in [-0.2, 0) is 0 Å². The number of methoxy groups -OCH3 is 4. The molecule has 0 unspecified atom stereocenters. The van der Waals surface area contributed by atoms with E-state index < -0.39 is 0 Å². The standard InChI is InChI=1S/C38H30O6/c1-39-27-15-25(16-28(19-27)40-2)37-35(23-11-7-5-8-12-23)31-21-32-34(22-33(31)43-37)44-38(36(32)24-13-9-6-10-14-24)26-17-29(41-3)20-30(18-26)42-4/h5-22H,1-4H3. The zero-order chi connectivity index (χ0) is 30.2. The maximum atomic E-state index is 6.67. The molecule has 6 nitrogen and oxygen atoms in total. The summed E-state index contributed by atoms with van der Waals surface area (Å²) in [4.78, 5) is 0. The van der Waals surface area contributed by atoms with Crippen molar-refractivity contribution in [2.45, 2.75) is 0 Å². The van der Waals surface area contributed by atoms with Gasteiger partial charge in [0.15, 0.2) is 0 Å². The minimum absolute atomic E-state index is 0.678. The Bertz CT molecular complexity index is 1910. The molecule has 0 aliphatic rings. The molecular formula is C38H30O6. The SMILES string of the molecule is COc1cc(OC)cc(-c2oc3cc4oc(-c5cc(OC)cc(OC)c5)c(-c5ccccc5)c4cc3c2-c2ccccc2)c1. The molecule has 5 aromatic carbocycles. The third-order valence-electron chi connectivity index (χ3n) is 7.85. The van der Waals surface area contributed by atoms with Gasteiger partial charge in [0.25, 0.3) is 0 Å². The molecule has 0 radical (unpaired) electrons. The van der Waals surface area contributed by atoms with Crippen molar-refractivity contribution in [3.8, 4) is 67.9 Å². The molecule has 6 heteroatoms. The molecule has 0 atom stereocenters. The van der Waals surface area contributed by atoms with Gasteiger partial charge < -0.3 is 27.8 Å². The summed E-state index contributed by atoms with van der Waals surface area (Å²) in [5.74, 6) is 4.15. The molecule has 0 aliphatic carbocycles. The van der Waals surface area contributed by atoms with Gasteiger partial charge in [0.1, 0.15) is 45.7 Å². The first-order valence-corrected chi connectivity index (χ1v) is 14.2. The van der Waals surface area contributed by atoms with Crippen LogP contribution in [0.5, 0.6) is 23.0 Å². The summed E-state index contributed by atoms with van der Waals surface area (Å²) in [6, 6.07) is 36.2. The van der Waals surface area contributed by atoms with Crippen molar-refractivity contribution in [3.05, 3.63) is 109 Å². The van der Waals surface area contributed by atoms with Crippen LogP contribution in [-0.4, -0.2) is 28.4 Å². The number of rotatable bonds is 8. The third-order valence-corrected chi connectivity index (χ3v) is 7.85. The van der Waals surface area contributed by atoms with Crippen LogP contribution < -0.4 is 18.9 Å². The maximum Gasteiger partial charge on any atom is 0.143 e. The van der Waals surface area contributed by atoms with E-state index in [0.717, 1.165) is 55.7 Å². The van der Waals surface area contributed by atoms with Crippen LogP contribution in [0.4, 0.5) is 0 Å². The first-order valence-electron chi connectivity index (χ1n) is 14.2. The Labute approximate surface area is 255 Å². The topological polar surface area (TPSA) is 63.2 Å². The summed E-state index contributed by atoms with van der Waals surface area (Å²) < 4.78 is 35.7. The smallest absolute Gasteiger partial charge is 0.143 e. The Balaban J connectivity index is 1.55. The van der Waals surface area contributed by atoms with Gasteiger partial charge in [-0.2, -0.15) is 0 Å². The number of hydrogen-bond donors (Lipinski definition) is 0. The molecule has 0 spiro atoms. The lowest BCUT2D eigenvalue weighted by molar-refractivity contribution is 0.394. The highest BCUT2D eigenvalue weighted by molar-refractivity contribution is 6.11. The minimum atomic E-state index is 0.678. The number of furan rings is 2. The fourth-order valence-electron chi connectivity index (χ4n) is 5.75. The Morgan fingerprint density at radius 2 is 0.750 bits per heavy atom. The molecule has 0 aliphatic heterocycles. The van der Waals surface area contributed by atoms with Gasteiger partial charge in [0.05, 0.1) is 28.4 Å². The van der Waals surface area contributed by atoms with E-state index in [1.807, 2.05) is 78.9 Å². The lowest BCUT2D eigenvalue weighted by atomic mass is 9.95. The highest BCUT2D eigenvalue weighted by atomic mass is 16.5. The number of fused-ring (bicyclic) bond motifs is 2. The highest BCUT2D eigenvalue weighted by Gasteiger charge is 2.24. The van der Waals surface area contributed by atoms with Gasteiger partial charge in [-0.1, -0.05) is 60.7 Å². The van der Waals surface area contributed by atoms with Crippen LogP contribution >= 0.6 is 0 Å². The average molecular weight is 583 g/mol. The van der Waals surface area contributed by atoms with Crippen LogP contribution in [0.2, 0.25) is 0 Å². The molecule has 7 aromatic rings. The fraction of sp³-hybridized carbons (Fsp3) is 0.105. The van der Waals surface area contributed by atoms with Crippen molar-refractivity contribution in [1.82, 2.24) is 0 Å². The molecule has 7 rings (SSSR count). The number of benzene rings is 5. The summed E-state index contributed by atoms with van der Waals surface area (Å²) in [5.41, 5.74) is 7.12.